The zero-order chi connectivity index (χ0) is 20.6. The monoisotopic (exact) mass is 450 g/mol. The van der Waals surface area contributed by atoms with Gasteiger partial charge in [0.1, 0.15) is 5.75 Å². The first-order valence-corrected chi connectivity index (χ1v) is 10.3. The van der Waals surface area contributed by atoms with Gasteiger partial charge in [-0.1, -0.05) is 67.6 Å². The van der Waals surface area contributed by atoms with Gasteiger partial charge in [-0.05, 0) is 63.7 Å². The molecular formula is C24H23BrN2O2. The molecule has 0 fully saturated rings. The molecule has 0 saturated carbocycles. The van der Waals surface area contributed by atoms with E-state index in [1.807, 2.05) is 62.4 Å². The molecular weight excluding hydrogens is 428 g/mol. The third-order valence-electron chi connectivity index (χ3n) is 4.42. The van der Waals surface area contributed by atoms with Gasteiger partial charge in [0.2, 0.25) is 0 Å². The molecule has 0 aliphatic heterocycles. The number of aryl methyl sites for hydroxylation is 1. The number of hydrogen-bond donors (Lipinski definition) is 1. The van der Waals surface area contributed by atoms with E-state index in [9.17, 15) is 4.79 Å². The number of amides is 1. The van der Waals surface area contributed by atoms with Crippen LogP contribution in [0.15, 0.2) is 82.4 Å². The fourth-order valence-electron chi connectivity index (χ4n) is 2.86. The Balaban J connectivity index is 1.61. The fourth-order valence-corrected chi connectivity index (χ4v) is 3.47. The molecule has 1 amide bonds. The first kappa shape index (κ1) is 20.8. The largest absolute Gasteiger partial charge is 0.483 e. The molecule has 3 aromatic rings. The van der Waals surface area contributed by atoms with Gasteiger partial charge >= 0.3 is 0 Å². The minimum atomic E-state index is -0.302. The van der Waals surface area contributed by atoms with Crippen molar-refractivity contribution in [3.8, 4) is 16.9 Å². The number of nitrogens with one attached hydrogen (secondary N) is 1. The number of rotatable bonds is 7. The van der Waals surface area contributed by atoms with Crippen LogP contribution in [0.3, 0.4) is 0 Å². The van der Waals surface area contributed by atoms with Gasteiger partial charge in [0, 0.05) is 0 Å². The van der Waals surface area contributed by atoms with Crippen molar-refractivity contribution in [3.05, 3.63) is 88.4 Å². The lowest BCUT2D eigenvalue weighted by atomic mass is 10.0. The second-order valence-electron chi connectivity index (χ2n) is 6.61. The number of hydrazone groups is 1. The molecule has 5 heteroatoms. The van der Waals surface area contributed by atoms with Crippen molar-refractivity contribution in [2.75, 3.05) is 6.61 Å². The van der Waals surface area contributed by atoms with Gasteiger partial charge in [0.15, 0.2) is 6.61 Å². The predicted molar refractivity (Wildman–Crippen MR) is 121 cm³/mol. The molecule has 3 rings (SSSR count). The van der Waals surface area contributed by atoms with E-state index in [4.69, 9.17) is 4.74 Å². The lowest BCUT2D eigenvalue weighted by molar-refractivity contribution is -0.123. The van der Waals surface area contributed by atoms with Crippen LogP contribution in [-0.4, -0.2) is 18.2 Å². The smallest absolute Gasteiger partial charge is 0.277 e. The van der Waals surface area contributed by atoms with Gasteiger partial charge in [-0.15, -0.1) is 0 Å². The average molecular weight is 451 g/mol. The molecule has 4 nitrogen and oxygen atoms in total. The van der Waals surface area contributed by atoms with E-state index in [0.29, 0.717) is 12.2 Å². The Morgan fingerprint density at radius 2 is 1.69 bits per heavy atom. The van der Waals surface area contributed by atoms with Crippen LogP contribution in [0.2, 0.25) is 0 Å². The highest BCUT2D eigenvalue weighted by Crippen LogP contribution is 2.25. The average Bonchev–Trinajstić information content (AvgIpc) is 2.74. The van der Waals surface area contributed by atoms with E-state index in [0.717, 1.165) is 26.9 Å². The van der Waals surface area contributed by atoms with Gasteiger partial charge in [0.25, 0.3) is 5.91 Å². The SMILES string of the molecule is CC/C(=N/NC(=O)COc1ccc(C)cc1Br)c1ccc(-c2ccccc2)cc1. The summed E-state index contributed by atoms with van der Waals surface area (Å²) in [5.41, 5.74) is 7.81. The second-order valence-corrected chi connectivity index (χ2v) is 7.47. The highest BCUT2D eigenvalue weighted by atomic mass is 79.9. The van der Waals surface area contributed by atoms with Crippen molar-refractivity contribution in [1.82, 2.24) is 5.43 Å². The number of carbonyl (C=O) groups excluding carboxylic acids is 1. The van der Waals surface area contributed by atoms with E-state index in [-0.39, 0.29) is 12.5 Å². The number of carbonyl (C=O) groups is 1. The van der Waals surface area contributed by atoms with Crippen molar-refractivity contribution in [2.45, 2.75) is 20.3 Å². The van der Waals surface area contributed by atoms with Crippen LogP contribution in [0, 0.1) is 6.92 Å². The number of benzene rings is 3. The molecule has 0 unspecified atom stereocenters. The molecule has 3 aromatic carbocycles. The zero-order valence-electron chi connectivity index (χ0n) is 16.5. The Morgan fingerprint density at radius 3 is 2.34 bits per heavy atom. The summed E-state index contributed by atoms with van der Waals surface area (Å²) < 4.78 is 6.38. The predicted octanol–water partition coefficient (Wildman–Crippen LogP) is 5.73. The summed E-state index contributed by atoms with van der Waals surface area (Å²) in [5, 5.41) is 4.29. The Kier molecular flexibility index (Phi) is 7.19. The summed E-state index contributed by atoms with van der Waals surface area (Å²) in [4.78, 5) is 12.1. The van der Waals surface area contributed by atoms with Crippen molar-refractivity contribution in [1.29, 1.82) is 0 Å². The summed E-state index contributed by atoms with van der Waals surface area (Å²) in [6, 6.07) is 24.1. The number of halogens is 1. The standard InChI is InChI=1S/C24H23BrN2O2/c1-3-22(20-12-10-19(11-13-20)18-7-5-4-6-8-18)26-27-24(28)16-29-23-14-9-17(2)15-21(23)25/h4-15H,3,16H2,1-2H3,(H,27,28)/b26-22-. The summed E-state index contributed by atoms with van der Waals surface area (Å²) in [5.74, 6) is 0.325. The van der Waals surface area contributed by atoms with E-state index in [2.05, 4.69) is 50.7 Å². The Morgan fingerprint density at radius 1 is 1.00 bits per heavy atom. The third kappa shape index (κ3) is 5.78. The number of nitrogens with zero attached hydrogens (tertiary/aromatic N) is 1. The minimum Gasteiger partial charge on any atom is -0.483 e. The highest BCUT2D eigenvalue weighted by Gasteiger charge is 2.07. The second kappa shape index (κ2) is 10.0. The maximum atomic E-state index is 12.1. The third-order valence-corrected chi connectivity index (χ3v) is 5.04. The summed E-state index contributed by atoms with van der Waals surface area (Å²) in [6.45, 7) is 3.90. The van der Waals surface area contributed by atoms with Gasteiger partial charge in [-0.25, -0.2) is 5.43 Å². The molecule has 0 aliphatic carbocycles. The first-order chi connectivity index (χ1) is 14.1. The van der Waals surface area contributed by atoms with Crippen LogP contribution in [0.25, 0.3) is 11.1 Å². The molecule has 0 radical (unpaired) electrons. The number of hydrogen-bond acceptors (Lipinski definition) is 3. The Labute approximate surface area is 179 Å². The normalized spacial score (nSPS) is 11.2. The quantitative estimate of drug-likeness (QED) is 0.368. The molecule has 0 saturated heterocycles. The molecule has 0 aliphatic rings. The highest BCUT2D eigenvalue weighted by molar-refractivity contribution is 9.10. The van der Waals surface area contributed by atoms with Crippen LogP contribution in [0.5, 0.6) is 5.75 Å². The molecule has 0 bridgehead atoms. The Bertz CT molecular complexity index is 999. The van der Waals surface area contributed by atoms with Crippen LogP contribution in [0.4, 0.5) is 0 Å². The maximum absolute atomic E-state index is 12.1. The van der Waals surface area contributed by atoms with Crippen molar-refractivity contribution in [3.63, 3.8) is 0 Å². The van der Waals surface area contributed by atoms with Crippen molar-refractivity contribution in [2.24, 2.45) is 5.10 Å². The van der Waals surface area contributed by atoms with E-state index in [1.165, 1.54) is 5.56 Å². The minimum absolute atomic E-state index is 0.102. The fraction of sp³-hybridized carbons (Fsp3) is 0.167. The van der Waals surface area contributed by atoms with Crippen LogP contribution < -0.4 is 10.2 Å². The van der Waals surface area contributed by atoms with Crippen LogP contribution in [-0.2, 0) is 4.79 Å². The summed E-state index contributed by atoms with van der Waals surface area (Å²) in [7, 11) is 0. The molecule has 1 N–H and O–H groups in total. The van der Waals surface area contributed by atoms with Crippen molar-refractivity contribution < 1.29 is 9.53 Å². The van der Waals surface area contributed by atoms with Gasteiger partial charge < -0.3 is 4.74 Å². The molecule has 29 heavy (non-hydrogen) atoms. The summed E-state index contributed by atoms with van der Waals surface area (Å²) in [6.07, 6.45) is 0.704. The van der Waals surface area contributed by atoms with Crippen LogP contribution in [0.1, 0.15) is 24.5 Å². The summed E-state index contributed by atoms with van der Waals surface area (Å²) >= 11 is 3.44. The van der Waals surface area contributed by atoms with Gasteiger partial charge in [-0.3, -0.25) is 4.79 Å². The topological polar surface area (TPSA) is 50.7 Å². The maximum Gasteiger partial charge on any atom is 0.277 e. The first-order valence-electron chi connectivity index (χ1n) is 9.47. The lowest BCUT2D eigenvalue weighted by Crippen LogP contribution is -2.26. The molecule has 0 heterocycles. The number of ether oxygens (including phenoxy) is 1. The molecule has 148 valence electrons. The van der Waals surface area contributed by atoms with Crippen molar-refractivity contribution >= 4 is 27.5 Å². The molecule has 0 atom stereocenters. The van der Waals surface area contributed by atoms with E-state index < -0.39 is 0 Å². The molecule has 0 spiro atoms. The zero-order valence-corrected chi connectivity index (χ0v) is 18.1. The molecule has 0 aromatic heterocycles. The van der Waals surface area contributed by atoms with E-state index >= 15 is 0 Å². The van der Waals surface area contributed by atoms with E-state index in [1.54, 1.807) is 0 Å². The van der Waals surface area contributed by atoms with Gasteiger partial charge in [0.05, 0.1) is 10.2 Å². The van der Waals surface area contributed by atoms with Gasteiger partial charge in [-0.2, -0.15) is 5.10 Å². The lowest BCUT2D eigenvalue weighted by Gasteiger charge is -2.09. The Hall–Kier alpha value is -2.92. The van der Waals surface area contributed by atoms with Crippen LogP contribution >= 0.6 is 15.9 Å².